The Morgan fingerprint density at radius 3 is 2.41 bits per heavy atom. The lowest BCUT2D eigenvalue weighted by molar-refractivity contribution is -0.139. The van der Waals surface area contributed by atoms with Crippen molar-refractivity contribution < 1.29 is 24.9 Å². The monoisotopic (exact) mass is 246 g/mol. The molecule has 1 unspecified atom stereocenters. The summed E-state index contributed by atoms with van der Waals surface area (Å²) in [4.78, 5) is 23.9. The van der Waals surface area contributed by atoms with E-state index < -0.39 is 18.0 Å². The van der Waals surface area contributed by atoms with Crippen molar-refractivity contribution in [1.29, 1.82) is 0 Å². The van der Waals surface area contributed by atoms with E-state index in [2.05, 4.69) is 5.32 Å². The quantitative estimate of drug-likeness (QED) is 0.508. The Kier molecular flexibility index (Phi) is 5.17. The van der Waals surface area contributed by atoms with Gasteiger partial charge in [0, 0.05) is 26.1 Å². The number of hydrogen-bond donors (Lipinski definition) is 4. The van der Waals surface area contributed by atoms with Crippen molar-refractivity contribution in [3.63, 3.8) is 0 Å². The number of nitrogens with one attached hydrogen (secondary N) is 1. The largest absolute Gasteiger partial charge is 0.480 e. The first-order valence-corrected chi connectivity index (χ1v) is 5.61. The summed E-state index contributed by atoms with van der Waals surface area (Å²) in [5, 5.41) is 29.1. The van der Waals surface area contributed by atoms with Crippen molar-refractivity contribution in [2.75, 3.05) is 19.7 Å². The van der Waals surface area contributed by atoms with E-state index in [1.165, 1.54) is 4.90 Å². The Hall–Kier alpha value is -1.34. The molecule has 98 valence electrons. The molecule has 0 radical (unpaired) electrons. The molecule has 1 atom stereocenters. The topological polar surface area (TPSA) is 110 Å². The number of carboxylic acid groups (broad SMARTS) is 1. The molecule has 0 bridgehead atoms. The zero-order valence-corrected chi connectivity index (χ0v) is 9.50. The minimum absolute atomic E-state index is 0.0163. The maximum Gasteiger partial charge on any atom is 0.326 e. The van der Waals surface area contributed by atoms with Crippen LogP contribution >= 0.6 is 0 Å². The Balaban J connectivity index is 2.44. The van der Waals surface area contributed by atoms with Crippen molar-refractivity contribution in [3.05, 3.63) is 0 Å². The number of carboxylic acids is 1. The van der Waals surface area contributed by atoms with E-state index in [9.17, 15) is 14.7 Å². The summed E-state index contributed by atoms with van der Waals surface area (Å²) in [6.07, 6.45) is 0.611. The molecule has 0 saturated carbocycles. The van der Waals surface area contributed by atoms with Crippen molar-refractivity contribution in [1.82, 2.24) is 10.2 Å². The van der Waals surface area contributed by atoms with E-state index in [-0.39, 0.29) is 19.1 Å². The minimum Gasteiger partial charge on any atom is -0.480 e. The molecule has 1 fully saturated rings. The number of nitrogens with zero attached hydrogens (tertiary/aromatic N) is 1. The summed E-state index contributed by atoms with van der Waals surface area (Å²) >= 11 is 0. The summed E-state index contributed by atoms with van der Waals surface area (Å²) in [6, 6.07) is -1.53. The Morgan fingerprint density at radius 2 is 1.94 bits per heavy atom. The predicted octanol–water partition coefficient (Wildman–Crippen LogP) is -1.01. The minimum atomic E-state index is -1.16. The van der Waals surface area contributed by atoms with Crippen molar-refractivity contribution in [3.8, 4) is 0 Å². The fraction of sp³-hybridized carbons (Fsp3) is 0.800. The van der Waals surface area contributed by atoms with Crippen LogP contribution in [0.5, 0.6) is 0 Å². The van der Waals surface area contributed by atoms with Gasteiger partial charge in [0.1, 0.15) is 6.04 Å². The molecular weight excluding hydrogens is 228 g/mol. The van der Waals surface area contributed by atoms with Crippen LogP contribution in [0.2, 0.25) is 0 Å². The lowest BCUT2D eigenvalue weighted by atomic mass is 10.1. The number of aliphatic hydroxyl groups excluding tert-OH is 2. The number of aliphatic carboxylic acids is 1. The van der Waals surface area contributed by atoms with Gasteiger partial charge in [0.2, 0.25) is 0 Å². The highest BCUT2D eigenvalue weighted by atomic mass is 16.4. The van der Waals surface area contributed by atoms with Crippen LogP contribution in [0.15, 0.2) is 0 Å². The van der Waals surface area contributed by atoms with E-state index in [0.717, 1.165) is 0 Å². The maximum atomic E-state index is 11.7. The van der Waals surface area contributed by atoms with Crippen LogP contribution in [0.25, 0.3) is 0 Å². The number of rotatable bonds is 4. The zero-order chi connectivity index (χ0) is 12.8. The fourth-order valence-electron chi connectivity index (χ4n) is 1.70. The number of hydrogen-bond acceptors (Lipinski definition) is 4. The summed E-state index contributed by atoms with van der Waals surface area (Å²) < 4.78 is 0. The molecule has 0 aromatic rings. The van der Waals surface area contributed by atoms with Crippen molar-refractivity contribution in [2.24, 2.45) is 0 Å². The number of urea groups is 1. The van der Waals surface area contributed by atoms with Gasteiger partial charge < -0.3 is 25.5 Å². The van der Waals surface area contributed by atoms with E-state index in [1.807, 2.05) is 0 Å². The maximum absolute atomic E-state index is 11.7. The first kappa shape index (κ1) is 13.7. The number of piperidine rings is 1. The highest BCUT2D eigenvalue weighted by Gasteiger charge is 2.25. The molecule has 17 heavy (non-hydrogen) atoms. The smallest absolute Gasteiger partial charge is 0.326 e. The predicted molar refractivity (Wildman–Crippen MR) is 58.5 cm³/mol. The molecule has 1 saturated heterocycles. The summed E-state index contributed by atoms with van der Waals surface area (Å²) in [5.74, 6) is -1.16. The molecule has 7 heteroatoms. The highest BCUT2D eigenvalue weighted by Crippen LogP contribution is 2.10. The van der Waals surface area contributed by atoms with E-state index in [4.69, 9.17) is 10.2 Å². The van der Waals surface area contributed by atoms with Crippen LogP contribution in [-0.4, -0.2) is 64.1 Å². The van der Waals surface area contributed by atoms with Crippen LogP contribution in [0.1, 0.15) is 19.3 Å². The van der Waals surface area contributed by atoms with Gasteiger partial charge in [0.05, 0.1) is 6.10 Å². The fourth-order valence-corrected chi connectivity index (χ4v) is 1.70. The summed E-state index contributed by atoms with van der Waals surface area (Å²) in [6.45, 7) is 0.535. The standard InChI is InChI=1S/C10H18N2O5/c13-6-3-8(9(15)16)11-10(17)12-4-1-7(14)2-5-12/h7-8,13-14H,1-6H2,(H,11,17)(H,15,16). The molecule has 2 amide bonds. The molecule has 7 nitrogen and oxygen atoms in total. The molecular formula is C10H18N2O5. The second-order valence-electron chi connectivity index (χ2n) is 4.07. The summed E-state index contributed by atoms with van der Waals surface area (Å²) in [7, 11) is 0. The van der Waals surface area contributed by atoms with Crippen molar-refractivity contribution >= 4 is 12.0 Å². The van der Waals surface area contributed by atoms with Gasteiger partial charge in [-0.05, 0) is 12.8 Å². The normalized spacial score (nSPS) is 18.8. The second kappa shape index (κ2) is 6.41. The van der Waals surface area contributed by atoms with Gasteiger partial charge in [-0.25, -0.2) is 9.59 Å². The highest BCUT2D eigenvalue weighted by molar-refractivity contribution is 5.82. The van der Waals surface area contributed by atoms with E-state index in [1.54, 1.807) is 0 Å². The molecule has 1 aliphatic rings. The van der Waals surface area contributed by atoms with E-state index in [0.29, 0.717) is 25.9 Å². The Labute approximate surface area is 99.0 Å². The number of carbonyl (C=O) groups is 2. The first-order valence-electron chi connectivity index (χ1n) is 5.61. The first-order chi connectivity index (χ1) is 8.04. The summed E-state index contributed by atoms with van der Waals surface area (Å²) in [5.41, 5.74) is 0. The van der Waals surface area contributed by atoms with Crippen LogP contribution < -0.4 is 5.32 Å². The van der Waals surface area contributed by atoms with Gasteiger partial charge >= 0.3 is 12.0 Å². The van der Waals surface area contributed by atoms with Gasteiger partial charge in [-0.1, -0.05) is 0 Å². The molecule has 4 N–H and O–H groups in total. The SMILES string of the molecule is O=C(O)C(CCO)NC(=O)N1CCC(O)CC1. The number of likely N-dealkylation sites (tertiary alicyclic amines) is 1. The van der Waals surface area contributed by atoms with Gasteiger partial charge in [0.25, 0.3) is 0 Å². The van der Waals surface area contributed by atoms with Crippen LogP contribution in [0, 0.1) is 0 Å². The number of amides is 2. The van der Waals surface area contributed by atoms with Gasteiger partial charge in [0.15, 0.2) is 0 Å². The second-order valence-corrected chi connectivity index (χ2v) is 4.07. The lowest BCUT2D eigenvalue weighted by Crippen LogP contribution is -2.50. The molecule has 0 aromatic heterocycles. The molecule has 0 spiro atoms. The van der Waals surface area contributed by atoms with Crippen LogP contribution in [0.3, 0.4) is 0 Å². The third-order valence-corrected chi connectivity index (χ3v) is 2.77. The Bertz CT molecular complexity index is 276. The Morgan fingerprint density at radius 1 is 1.35 bits per heavy atom. The third kappa shape index (κ3) is 4.20. The number of carbonyl (C=O) groups excluding carboxylic acids is 1. The third-order valence-electron chi connectivity index (χ3n) is 2.77. The molecule has 0 aromatic carbocycles. The molecule has 0 aliphatic carbocycles. The van der Waals surface area contributed by atoms with E-state index >= 15 is 0 Å². The van der Waals surface area contributed by atoms with Gasteiger partial charge in [-0.3, -0.25) is 0 Å². The number of aliphatic hydroxyl groups is 2. The molecule has 1 rings (SSSR count). The van der Waals surface area contributed by atoms with Gasteiger partial charge in [-0.2, -0.15) is 0 Å². The van der Waals surface area contributed by atoms with Crippen LogP contribution in [0.4, 0.5) is 4.79 Å². The lowest BCUT2D eigenvalue weighted by Gasteiger charge is -2.30. The molecule has 1 heterocycles. The average Bonchev–Trinajstić information content (AvgIpc) is 2.29. The van der Waals surface area contributed by atoms with Gasteiger partial charge in [-0.15, -0.1) is 0 Å². The average molecular weight is 246 g/mol. The zero-order valence-electron chi connectivity index (χ0n) is 9.50. The van der Waals surface area contributed by atoms with Crippen molar-refractivity contribution in [2.45, 2.75) is 31.4 Å². The molecule has 1 aliphatic heterocycles. The van der Waals surface area contributed by atoms with Crippen LogP contribution in [-0.2, 0) is 4.79 Å².